The van der Waals surface area contributed by atoms with Gasteiger partial charge >= 0.3 is 12.0 Å². The largest absolute Gasteiger partial charge is 0.480 e. The maximum absolute atomic E-state index is 10.6. The lowest BCUT2D eigenvalue weighted by atomic mass is 10.2. The number of rotatable bonds is 4. The van der Waals surface area contributed by atoms with Gasteiger partial charge in [0.05, 0.1) is 0 Å². The quantitative estimate of drug-likeness (QED) is 0.612. The Labute approximate surface area is 92.4 Å². The second-order valence-electron chi connectivity index (χ2n) is 3.27. The zero-order valence-electron chi connectivity index (χ0n) is 8.73. The number of primary amides is 1. The average molecular weight is 223 g/mol. The van der Waals surface area contributed by atoms with Crippen LogP contribution in [0.1, 0.15) is 6.92 Å². The van der Waals surface area contributed by atoms with Crippen molar-refractivity contribution in [2.75, 3.05) is 10.6 Å². The lowest BCUT2D eigenvalue weighted by Gasteiger charge is -2.11. The molecule has 0 aliphatic heterocycles. The fraction of sp³-hybridized carbons (Fsp3) is 0.200. The van der Waals surface area contributed by atoms with Crippen molar-refractivity contribution in [3.05, 3.63) is 24.3 Å². The molecule has 0 fully saturated rings. The van der Waals surface area contributed by atoms with E-state index >= 15 is 0 Å². The standard InChI is InChI=1S/C10H13N3O3/c1-6(9(14)15)12-7-3-2-4-8(5-7)13-10(11)16/h2-6,12H,1H3,(H,14,15)(H3,11,13,16). The van der Waals surface area contributed by atoms with Gasteiger partial charge in [0.25, 0.3) is 0 Å². The fourth-order valence-electron chi connectivity index (χ4n) is 1.14. The van der Waals surface area contributed by atoms with Crippen molar-refractivity contribution in [3.8, 4) is 0 Å². The van der Waals surface area contributed by atoms with Crippen molar-refractivity contribution in [3.63, 3.8) is 0 Å². The fourth-order valence-corrected chi connectivity index (χ4v) is 1.14. The van der Waals surface area contributed by atoms with Crippen LogP contribution in [0.25, 0.3) is 0 Å². The maximum Gasteiger partial charge on any atom is 0.325 e. The van der Waals surface area contributed by atoms with Crippen molar-refractivity contribution in [2.24, 2.45) is 5.73 Å². The number of hydrogen-bond acceptors (Lipinski definition) is 3. The molecule has 16 heavy (non-hydrogen) atoms. The highest BCUT2D eigenvalue weighted by Gasteiger charge is 2.09. The number of carboxylic acid groups (broad SMARTS) is 1. The maximum atomic E-state index is 10.6. The van der Waals surface area contributed by atoms with Gasteiger partial charge in [-0.25, -0.2) is 4.79 Å². The lowest BCUT2D eigenvalue weighted by molar-refractivity contribution is -0.137. The highest BCUT2D eigenvalue weighted by molar-refractivity contribution is 5.88. The number of hydrogen-bond donors (Lipinski definition) is 4. The predicted molar refractivity (Wildman–Crippen MR) is 60.4 cm³/mol. The first-order valence-electron chi connectivity index (χ1n) is 4.65. The molecule has 86 valence electrons. The van der Waals surface area contributed by atoms with Crippen molar-refractivity contribution in [1.29, 1.82) is 0 Å². The third-order valence-electron chi connectivity index (χ3n) is 1.88. The molecular formula is C10H13N3O3. The molecule has 2 amide bonds. The van der Waals surface area contributed by atoms with E-state index in [0.717, 1.165) is 0 Å². The molecule has 1 atom stereocenters. The van der Waals surface area contributed by atoms with Gasteiger partial charge in [0.15, 0.2) is 0 Å². The molecule has 0 saturated heterocycles. The number of carbonyl (C=O) groups is 2. The average Bonchev–Trinajstić information content (AvgIpc) is 2.16. The van der Waals surface area contributed by atoms with Crippen molar-refractivity contribution < 1.29 is 14.7 Å². The lowest BCUT2D eigenvalue weighted by Crippen LogP contribution is -2.25. The van der Waals surface area contributed by atoms with Crippen molar-refractivity contribution in [2.45, 2.75) is 13.0 Å². The molecule has 5 N–H and O–H groups in total. The monoisotopic (exact) mass is 223 g/mol. The van der Waals surface area contributed by atoms with E-state index in [0.29, 0.717) is 11.4 Å². The molecule has 6 heteroatoms. The number of carbonyl (C=O) groups excluding carboxylic acids is 1. The van der Waals surface area contributed by atoms with Crippen LogP contribution in [0.15, 0.2) is 24.3 Å². The summed E-state index contributed by atoms with van der Waals surface area (Å²) in [4.78, 5) is 21.2. The molecule has 0 heterocycles. The Morgan fingerprint density at radius 3 is 2.56 bits per heavy atom. The summed E-state index contributed by atoms with van der Waals surface area (Å²) in [6.07, 6.45) is 0. The summed E-state index contributed by atoms with van der Waals surface area (Å²) in [5.74, 6) is -0.951. The van der Waals surface area contributed by atoms with Gasteiger partial charge in [-0.1, -0.05) is 6.07 Å². The third kappa shape index (κ3) is 3.49. The van der Waals surface area contributed by atoms with Gasteiger partial charge in [-0.05, 0) is 25.1 Å². The minimum Gasteiger partial charge on any atom is -0.480 e. The van der Waals surface area contributed by atoms with Crippen LogP contribution in [0, 0.1) is 0 Å². The van der Waals surface area contributed by atoms with Crippen LogP contribution in [-0.4, -0.2) is 23.1 Å². The van der Waals surface area contributed by atoms with Crippen molar-refractivity contribution in [1.82, 2.24) is 0 Å². The normalized spacial score (nSPS) is 11.6. The van der Waals surface area contributed by atoms with E-state index in [9.17, 15) is 9.59 Å². The molecule has 6 nitrogen and oxygen atoms in total. The van der Waals surface area contributed by atoms with Gasteiger partial charge in [-0.15, -0.1) is 0 Å². The van der Waals surface area contributed by atoms with E-state index in [1.54, 1.807) is 24.3 Å². The van der Waals surface area contributed by atoms with Crippen molar-refractivity contribution >= 4 is 23.4 Å². The molecule has 1 rings (SSSR count). The topological polar surface area (TPSA) is 104 Å². The Bertz CT molecular complexity index is 406. The molecular weight excluding hydrogens is 210 g/mol. The first kappa shape index (κ1) is 11.8. The minimum atomic E-state index is -0.951. The van der Waals surface area contributed by atoms with E-state index in [2.05, 4.69) is 10.6 Å². The molecule has 0 aliphatic carbocycles. The van der Waals surface area contributed by atoms with E-state index in [1.165, 1.54) is 6.92 Å². The van der Waals surface area contributed by atoms with E-state index in [1.807, 2.05) is 0 Å². The number of carboxylic acids is 1. The predicted octanol–water partition coefficient (Wildman–Crippen LogP) is 1.06. The Morgan fingerprint density at radius 2 is 2.00 bits per heavy atom. The summed E-state index contributed by atoms with van der Waals surface area (Å²) in [5.41, 5.74) is 6.07. The number of amides is 2. The number of nitrogens with two attached hydrogens (primary N) is 1. The zero-order chi connectivity index (χ0) is 12.1. The number of aliphatic carboxylic acids is 1. The van der Waals surface area contributed by atoms with Crippen LogP contribution in [-0.2, 0) is 4.79 Å². The first-order chi connectivity index (χ1) is 7.49. The summed E-state index contributed by atoms with van der Waals surface area (Å²) in [5, 5.41) is 13.9. The summed E-state index contributed by atoms with van der Waals surface area (Å²) in [7, 11) is 0. The zero-order valence-corrected chi connectivity index (χ0v) is 8.73. The van der Waals surface area contributed by atoms with Crippen LogP contribution in [0.4, 0.5) is 16.2 Å². The molecule has 0 saturated carbocycles. The summed E-state index contributed by atoms with van der Waals surface area (Å²) >= 11 is 0. The van der Waals surface area contributed by atoms with Gasteiger partial charge in [0.2, 0.25) is 0 Å². The van der Waals surface area contributed by atoms with Crippen LogP contribution >= 0.6 is 0 Å². The van der Waals surface area contributed by atoms with Crippen LogP contribution in [0.2, 0.25) is 0 Å². The molecule has 1 aromatic rings. The van der Waals surface area contributed by atoms with Gasteiger partial charge in [-0.3, -0.25) is 4.79 Å². The first-order valence-corrected chi connectivity index (χ1v) is 4.65. The van der Waals surface area contributed by atoms with Crippen LogP contribution < -0.4 is 16.4 Å². The summed E-state index contributed by atoms with van der Waals surface area (Å²) < 4.78 is 0. The molecule has 0 spiro atoms. The number of urea groups is 1. The molecule has 0 aliphatic rings. The molecule has 1 unspecified atom stereocenters. The Morgan fingerprint density at radius 1 is 1.38 bits per heavy atom. The van der Waals surface area contributed by atoms with Gasteiger partial charge < -0.3 is 21.5 Å². The summed E-state index contributed by atoms with van der Waals surface area (Å²) in [6, 6.07) is 5.27. The van der Waals surface area contributed by atoms with E-state index in [-0.39, 0.29) is 0 Å². The second kappa shape index (κ2) is 5.01. The summed E-state index contributed by atoms with van der Waals surface area (Å²) in [6.45, 7) is 1.52. The Hall–Kier alpha value is -2.24. The van der Waals surface area contributed by atoms with E-state index < -0.39 is 18.0 Å². The second-order valence-corrected chi connectivity index (χ2v) is 3.27. The molecule has 1 aromatic carbocycles. The highest BCUT2D eigenvalue weighted by Crippen LogP contribution is 2.15. The third-order valence-corrected chi connectivity index (χ3v) is 1.88. The SMILES string of the molecule is CC(Nc1cccc(NC(N)=O)c1)C(=O)O. The minimum absolute atomic E-state index is 0.509. The van der Waals surface area contributed by atoms with E-state index in [4.69, 9.17) is 10.8 Å². The van der Waals surface area contributed by atoms with Crippen LogP contribution in [0.5, 0.6) is 0 Å². The number of nitrogens with one attached hydrogen (secondary N) is 2. The molecule has 0 radical (unpaired) electrons. The molecule has 0 bridgehead atoms. The van der Waals surface area contributed by atoms with Gasteiger partial charge in [0.1, 0.15) is 6.04 Å². The van der Waals surface area contributed by atoms with Gasteiger partial charge in [0, 0.05) is 11.4 Å². The van der Waals surface area contributed by atoms with Gasteiger partial charge in [-0.2, -0.15) is 0 Å². The number of benzene rings is 1. The Balaban J connectivity index is 2.74. The highest BCUT2D eigenvalue weighted by atomic mass is 16.4. The Kier molecular flexibility index (Phi) is 3.71. The molecule has 0 aromatic heterocycles. The van der Waals surface area contributed by atoms with Crippen LogP contribution in [0.3, 0.4) is 0 Å². The smallest absolute Gasteiger partial charge is 0.325 e. The number of anilines is 2.